The van der Waals surface area contributed by atoms with Crippen LogP contribution in [0, 0.1) is 11.3 Å². The second-order valence-electron chi connectivity index (χ2n) is 6.56. The molecule has 1 aliphatic carbocycles. The minimum absolute atomic E-state index is 0.148. The van der Waals surface area contributed by atoms with E-state index in [0.717, 1.165) is 23.9 Å². The van der Waals surface area contributed by atoms with Gasteiger partial charge in [0.2, 0.25) is 5.91 Å². The van der Waals surface area contributed by atoms with Crippen LogP contribution in [0.2, 0.25) is 0 Å². The van der Waals surface area contributed by atoms with Crippen LogP contribution in [0.3, 0.4) is 0 Å². The summed E-state index contributed by atoms with van der Waals surface area (Å²) in [5.41, 5.74) is 1.83. The second kappa shape index (κ2) is 8.17. The molecule has 3 aromatic rings. The highest BCUT2D eigenvalue weighted by Gasteiger charge is 2.43. The van der Waals surface area contributed by atoms with Gasteiger partial charge in [-0.25, -0.2) is 0 Å². The molecule has 1 aliphatic rings. The Morgan fingerprint density at radius 3 is 2.89 bits per heavy atom. The SMILES string of the molecule is CCn1c(SCC(=O)Nc2sccc2C#N)nnc1C1CC1c1ccccc1. The van der Waals surface area contributed by atoms with Gasteiger partial charge in [0, 0.05) is 12.5 Å². The molecule has 28 heavy (non-hydrogen) atoms. The molecule has 1 saturated carbocycles. The summed E-state index contributed by atoms with van der Waals surface area (Å²) in [6.45, 7) is 2.84. The predicted molar refractivity (Wildman–Crippen MR) is 111 cm³/mol. The van der Waals surface area contributed by atoms with Gasteiger partial charge in [-0.05, 0) is 36.3 Å². The maximum atomic E-state index is 12.2. The topological polar surface area (TPSA) is 83.6 Å². The van der Waals surface area contributed by atoms with Gasteiger partial charge in [-0.3, -0.25) is 4.79 Å². The van der Waals surface area contributed by atoms with E-state index in [2.05, 4.69) is 57.3 Å². The molecule has 2 aromatic heterocycles. The fourth-order valence-corrected chi connectivity index (χ4v) is 4.88. The third-order valence-electron chi connectivity index (χ3n) is 4.78. The molecule has 8 heteroatoms. The molecule has 1 aromatic carbocycles. The molecule has 2 atom stereocenters. The van der Waals surface area contributed by atoms with E-state index < -0.39 is 0 Å². The number of carbonyl (C=O) groups excluding carboxylic acids is 1. The van der Waals surface area contributed by atoms with Crippen LogP contribution in [0.25, 0.3) is 0 Å². The summed E-state index contributed by atoms with van der Waals surface area (Å²) in [5.74, 6) is 1.98. The zero-order chi connectivity index (χ0) is 19.5. The lowest BCUT2D eigenvalue weighted by Crippen LogP contribution is -2.14. The maximum Gasteiger partial charge on any atom is 0.235 e. The number of benzene rings is 1. The van der Waals surface area contributed by atoms with Crippen molar-refractivity contribution in [3.05, 3.63) is 58.7 Å². The fraction of sp³-hybridized carbons (Fsp3) is 0.300. The second-order valence-corrected chi connectivity index (χ2v) is 8.42. The molecule has 1 fully saturated rings. The van der Waals surface area contributed by atoms with E-state index in [1.54, 1.807) is 11.4 Å². The van der Waals surface area contributed by atoms with E-state index in [9.17, 15) is 4.79 Å². The number of hydrogen-bond donors (Lipinski definition) is 1. The molecule has 0 saturated heterocycles. The van der Waals surface area contributed by atoms with Crippen LogP contribution in [-0.2, 0) is 11.3 Å². The van der Waals surface area contributed by atoms with E-state index in [-0.39, 0.29) is 11.7 Å². The molecule has 6 nitrogen and oxygen atoms in total. The normalized spacial score (nSPS) is 17.9. The van der Waals surface area contributed by atoms with Gasteiger partial charge in [0.1, 0.15) is 16.9 Å². The minimum atomic E-state index is -0.148. The third kappa shape index (κ3) is 3.81. The van der Waals surface area contributed by atoms with E-state index in [1.807, 2.05) is 6.07 Å². The zero-order valence-corrected chi connectivity index (χ0v) is 17.0. The quantitative estimate of drug-likeness (QED) is 0.590. The average Bonchev–Trinajstić information content (AvgIpc) is 3.21. The zero-order valence-electron chi connectivity index (χ0n) is 15.3. The molecule has 2 heterocycles. The molecule has 142 valence electrons. The van der Waals surface area contributed by atoms with Gasteiger partial charge in [0.05, 0.1) is 11.3 Å². The van der Waals surface area contributed by atoms with Crippen molar-refractivity contribution in [3.63, 3.8) is 0 Å². The molecule has 0 aliphatic heterocycles. The summed E-state index contributed by atoms with van der Waals surface area (Å²) in [6.07, 6.45) is 1.09. The number of rotatable bonds is 7. The molecular formula is C20H19N5OS2. The highest BCUT2D eigenvalue weighted by Crippen LogP contribution is 2.54. The number of thioether (sulfide) groups is 1. The van der Waals surface area contributed by atoms with Crippen LogP contribution in [0.1, 0.15) is 42.1 Å². The first kappa shape index (κ1) is 18.7. The van der Waals surface area contributed by atoms with E-state index in [1.165, 1.54) is 28.7 Å². The van der Waals surface area contributed by atoms with Gasteiger partial charge in [0.25, 0.3) is 0 Å². The summed E-state index contributed by atoms with van der Waals surface area (Å²) in [6, 6.07) is 14.3. The van der Waals surface area contributed by atoms with Crippen LogP contribution in [0.4, 0.5) is 5.00 Å². The molecule has 2 unspecified atom stereocenters. The number of nitrogens with zero attached hydrogens (tertiary/aromatic N) is 4. The Balaban J connectivity index is 1.40. The number of thiophene rings is 1. The summed E-state index contributed by atoms with van der Waals surface area (Å²) in [4.78, 5) is 12.2. The Labute approximate surface area is 171 Å². The van der Waals surface area contributed by atoms with Crippen molar-refractivity contribution in [1.82, 2.24) is 14.8 Å². The number of hydrogen-bond acceptors (Lipinski definition) is 6. The number of anilines is 1. The van der Waals surface area contributed by atoms with Crippen LogP contribution < -0.4 is 5.32 Å². The van der Waals surface area contributed by atoms with Crippen LogP contribution in [0.5, 0.6) is 0 Å². The highest BCUT2D eigenvalue weighted by molar-refractivity contribution is 7.99. The lowest BCUT2D eigenvalue weighted by atomic mass is 10.1. The summed E-state index contributed by atoms with van der Waals surface area (Å²) in [5, 5.41) is 23.7. The molecule has 0 radical (unpaired) electrons. The summed E-state index contributed by atoms with van der Waals surface area (Å²) >= 11 is 2.73. The summed E-state index contributed by atoms with van der Waals surface area (Å²) in [7, 11) is 0. The number of nitrogens with one attached hydrogen (secondary N) is 1. The van der Waals surface area contributed by atoms with E-state index in [4.69, 9.17) is 5.26 Å². The van der Waals surface area contributed by atoms with Crippen molar-refractivity contribution in [2.24, 2.45) is 0 Å². The predicted octanol–water partition coefficient (Wildman–Crippen LogP) is 4.23. The van der Waals surface area contributed by atoms with Crippen LogP contribution in [-0.4, -0.2) is 26.4 Å². The standard InChI is InChI=1S/C20H19N5OS2/c1-2-25-18(16-10-15(16)13-6-4-3-5-7-13)23-24-20(25)28-12-17(26)22-19-14(11-21)8-9-27-19/h3-9,15-16H,2,10,12H2,1H3,(H,22,26). The van der Waals surface area contributed by atoms with Gasteiger partial charge in [-0.1, -0.05) is 42.1 Å². The van der Waals surface area contributed by atoms with Crippen molar-refractivity contribution >= 4 is 34.0 Å². The van der Waals surface area contributed by atoms with E-state index in [0.29, 0.717) is 22.4 Å². The smallest absolute Gasteiger partial charge is 0.235 e. The molecule has 1 amide bonds. The first-order valence-electron chi connectivity index (χ1n) is 9.09. The lowest BCUT2D eigenvalue weighted by molar-refractivity contribution is -0.113. The Morgan fingerprint density at radius 2 is 2.14 bits per heavy atom. The number of aromatic nitrogens is 3. The number of amides is 1. The molecule has 0 spiro atoms. The Bertz CT molecular complexity index is 1020. The number of nitriles is 1. The number of carbonyl (C=O) groups is 1. The molecular weight excluding hydrogens is 390 g/mol. The Hall–Kier alpha value is -2.63. The summed E-state index contributed by atoms with van der Waals surface area (Å²) < 4.78 is 2.11. The Morgan fingerprint density at radius 1 is 1.32 bits per heavy atom. The van der Waals surface area contributed by atoms with Crippen molar-refractivity contribution in [2.75, 3.05) is 11.1 Å². The van der Waals surface area contributed by atoms with Crippen LogP contribution in [0.15, 0.2) is 46.9 Å². The van der Waals surface area contributed by atoms with Crippen molar-refractivity contribution in [3.8, 4) is 6.07 Å². The van der Waals surface area contributed by atoms with Gasteiger partial charge in [-0.15, -0.1) is 21.5 Å². The van der Waals surface area contributed by atoms with Crippen molar-refractivity contribution in [1.29, 1.82) is 5.26 Å². The monoisotopic (exact) mass is 409 g/mol. The largest absolute Gasteiger partial charge is 0.316 e. The first-order chi connectivity index (χ1) is 13.7. The van der Waals surface area contributed by atoms with Gasteiger partial charge < -0.3 is 9.88 Å². The first-order valence-corrected chi connectivity index (χ1v) is 11.0. The molecule has 4 rings (SSSR count). The fourth-order valence-electron chi connectivity index (χ4n) is 3.31. The maximum absolute atomic E-state index is 12.2. The van der Waals surface area contributed by atoms with Gasteiger partial charge >= 0.3 is 0 Å². The molecule has 1 N–H and O–H groups in total. The van der Waals surface area contributed by atoms with Gasteiger partial charge in [0.15, 0.2) is 5.16 Å². The van der Waals surface area contributed by atoms with Crippen LogP contribution >= 0.6 is 23.1 Å². The third-order valence-corrected chi connectivity index (χ3v) is 6.58. The highest BCUT2D eigenvalue weighted by atomic mass is 32.2. The minimum Gasteiger partial charge on any atom is -0.316 e. The van der Waals surface area contributed by atoms with Crippen molar-refractivity contribution < 1.29 is 4.79 Å². The average molecular weight is 410 g/mol. The van der Waals surface area contributed by atoms with E-state index >= 15 is 0 Å². The Kier molecular flexibility index (Phi) is 5.46. The lowest BCUT2D eigenvalue weighted by Gasteiger charge is -2.07. The van der Waals surface area contributed by atoms with Gasteiger partial charge in [-0.2, -0.15) is 5.26 Å². The molecule has 0 bridgehead atoms. The van der Waals surface area contributed by atoms with Crippen molar-refractivity contribution in [2.45, 2.75) is 36.9 Å².